The Bertz CT molecular complexity index is 935. The van der Waals surface area contributed by atoms with E-state index in [1.54, 1.807) is 13.8 Å². The average Bonchev–Trinajstić information content (AvgIpc) is 3.29. The van der Waals surface area contributed by atoms with Crippen LogP contribution in [0, 0.1) is 22.7 Å². The molecule has 0 aromatic heterocycles. The van der Waals surface area contributed by atoms with Gasteiger partial charge in [-0.2, -0.15) is 0 Å². The summed E-state index contributed by atoms with van der Waals surface area (Å²) in [6, 6.07) is 0. The van der Waals surface area contributed by atoms with E-state index in [-0.39, 0.29) is 18.6 Å². The first-order chi connectivity index (χ1) is 13.8. The Hall–Kier alpha value is -1.40. The van der Waals surface area contributed by atoms with Crippen LogP contribution >= 0.6 is 0 Å². The maximum Gasteiger partial charge on any atom is 0.338 e. The Morgan fingerprint density at radius 2 is 1.73 bits per heavy atom. The number of epoxide rings is 1. The molecule has 3 aliphatic heterocycles. The number of hydrogen-bond donors (Lipinski definition) is 5. The monoisotopic (exact) mass is 424 g/mol. The van der Waals surface area contributed by atoms with Crippen molar-refractivity contribution in [1.82, 2.24) is 0 Å². The van der Waals surface area contributed by atoms with Gasteiger partial charge in [-0.1, -0.05) is 13.5 Å². The van der Waals surface area contributed by atoms with E-state index in [0.717, 1.165) is 0 Å². The Morgan fingerprint density at radius 3 is 2.40 bits per heavy atom. The van der Waals surface area contributed by atoms with E-state index in [9.17, 15) is 35.1 Å². The van der Waals surface area contributed by atoms with Crippen molar-refractivity contribution in [2.75, 3.05) is 6.61 Å². The molecule has 0 aromatic rings. The number of Topliss-reactive ketones (excluding diaryl/α,β-unsaturated/α-hetero) is 1. The molecule has 10 nitrogen and oxygen atoms in total. The molecule has 6 fully saturated rings. The molecule has 2 bridgehead atoms. The lowest BCUT2D eigenvalue weighted by Crippen LogP contribution is -2.83. The molecule has 3 heterocycles. The summed E-state index contributed by atoms with van der Waals surface area (Å²) in [6.07, 6.45) is -7.29. The lowest BCUT2D eigenvalue weighted by atomic mass is 9.36. The quantitative estimate of drug-likeness (QED) is 0.158. The van der Waals surface area contributed by atoms with Gasteiger partial charge >= 0.3 is 5.97 Å². The molecule has 3 saturated heterocycles. The van der Waals surface area contributed by atoms with Crippen molar-refractivity contribution in [2.45, 2.75) is 67.8 Å². The number of ether oxygens (including phenoxy) is 3. The molecule has 164 valence electrons. The first-order valence-electron chi connectivity index (χ1n) is 10.1. The number of ketones is 1. The van der Waals surface area contributed by atoms with Crippen LogP contribution in [0.25, 0.3) is 0 Å². The minimum atomic E-state index is -2.39. The molecule has 12 atom stereocenters. The number of aliphatic hydroxyl groups excluding tert-OH is 3. The van der Waals surface area contributed by atoms with Gasteiger partial charge in [-0.15, -0.1) is 0 Å². The summed E-state index contributed by atoms with van der Waals surface area (Å²) in [5.41, 5.74) is -6.75. The lowest BCUT2D eigenvalue weighted by molar-refractivity contribution is -0.343. The molecule has 0 radical (unpaired) electrons. The van der Waals surface area contributed by atoms with E-state index in [1.807, 2.05) is 0 Å². The van der Waals surface area contributed by atoms with Crippen LogP contribution in [0.2, 0.25) is 0 Å². The molecule has 3 aliphatic carbocycles. The van der Waals surface area contributed by atoms with Crippen LogP contribution in [0.4, 0.5) is 0 Å². The Labute approximate surface area is 171 Å². The summed E-state index contributed by atoms with van der Waals surface area (Å²) in [6.45, 7) is 6.62. The van der Waals surface area contributed by atoms with Gasteiger partial charge in [0.2, 0.25) is 5.79 Å². The van der Waals surface area contributed by atoms with Crippen molar-refractivity contribution in [2.24, 2.45) is 22.7 Å². The molecule has 6 rings (SSSR count). The topological polar surface area (TPSA) is 166 Å². The van der Waals surface area contributed by atoms with Crippen molar-refractivity contribution in [3.8, 4) is 0 Å². The number of carbonyl (C=O) groups excluding carboxylic acids is 2. The fraction of sp³-hybridized carbons (Fsp3) is 0.800. The zero-order chi connectivity index (χ0) is 21.8. The normalized spacial score (nSPS) is 65.4. The highest BCUT2D eigenvalue weighted by Crippen LogP contribution is 2.76. The van der Waals surface area contributed by atoms with E-state index in [2.05, 4.69) is 6.58 Å². The van der Waals surface area contributed by atoms with Crippen LogP contribution in [0.1, 0.15) is 20.3 Å². The Morgan fingerprint density at radius 1 is 1.07 bits per heavy atom. The van der Waals surface area contributed by atoms with Gasteiger partial charge in [-0.05, 0) is 18.9 Å². The van der Waals surface area contributed by atoms with E-state index < -0.39 is 81.9 Å². The smallest absolute Gasteiger partial charge is 0.338 e. The van der Waals surface area contributed by atoms with Crippen molar-refractivity contribution < 1.29 is 49.3 Å². The summed E-state index contributed by atoms with van der Waals surface area (Å²) < 4.78 is 16.9. The predicted molar refractivity (Wildman–Crippen MR) is 93.3 cm³/mol. The zero-order valence-corrected chi connectivity index (χ0v) is 16.4. The fourth-order valence-corrected chi connectivity index (χ4v) is 7.93. The minimum absolute atomic E-state index is 0.105. The summed E-state index contributed by atoms with van der Waals surface area (Å²) in [4.78, 5) is 25.3. The van der Waals surface area contributed by atoms with Crippen LogP contribution in [-0.2, 0) is 23.8 Å². The molecule has 0 aromatic carbocycles. The van der Waals surface area contributed by atoms with Gasteiger partial charge in [0.1, 0.15) is 35.6 Å². The third-order valence-electron chi connectivity index (χ3n) is 9.31. The molecule has 0 amide bonds. The number of esters is 1. The molecule has 6 aliphatic rings. The van der Waals surface area contributed by atoms with Crippen LogP contribution in [-0.4, -0.2) is 91.4 Å². The van der Waals surface area contributed by atoms with Gasteiger partial charge in [0.15, 0.2) is 11.9 Å². The number of hydrogen-bond acceptors (Lipinski definition) is 10. The second-order valence-corrected chi connectivity index (χ2v) is 10.2. The predicted octanol–water partition coefficient (Wildman–Crippen LogP) is -2.62. The minimum Gasteiger partial charge on any atom is -0.460 e. The molecule has 3 saturated carbocycles. The van der Waals surface area contributed by atoms with Crippen molar-refractivity contribution >= 4 is 11.8 Å². The maximum absolute atomic E-state index is 12.9. The van der Waals surface area contributed by atoms with Crippen molar-refractivity contribution in [1.29, 1.82) is 0 Å². The summed E-state index contributed by atoms with van der Waals surface area (Å²) >= 11 is 0. The van der Waals surface area contributed by atoms with Gasteiger partial charge in [0, 0.05) is 17.3 Å². The fourth-order valence-electron chi connectivity index (χ4n) is 7.93. The first kappa shape index (κ1) is 19.3. The number of carbonyl (C=O) groups is 2. The molecule has 1 spiro atoms. The van der Waals surface area contributed by atoms with Crippen LogP contribution in [0.5, 0.6) is 0 Å². The van der Waals surface area contributed by atoms with Gasteiger partial charge in [-0.3, -0.25) is 4.79 Å². The van der Waals surface area contributed by atoms with Crippen LogP contribution in [0.15, 0.2) is 12.2 Å². The second kappa shape index (κ2) is 4.83. The number of rotatable bonds is 0. The van der Waals surface area contributed by atoms with Crippen molar-refractivity contribution in [3.05, 3.63) is 12.2 Å². The zero-order valence-electron chi connectivity index (χ0n) is 16.4. The van der Waals surface area contributed by atoms with E-state index >= 15 is 0 Å². The van der Waals surface area contributed by atoms with E-state index in [1.165, 1.54) is 0 Å². The summed E-state index contributed by atoms with van der Waals surface area (Å²) in [7, 11) is 0. The molecular weight excluding hydrogens is 400 g/mol. The molecular formula is C20H24O10. The van der Waals surface area contributed by atoms with E-state index in [4.69, 9.17) is 14.2 Å². The standard InChI is InChI=1S/C20H24O10/c1-6-10(22)20(27)15-16(2)7(17(3)13(30-17)9(21)11(16)23)4-8-18(15,5-28-20)19(6,26)12(24)14(25)29-8/h7-8,10-13,15,22-24,26-27H,1,4-5H2,2-3H3/t7-,8-,10-,11-,12+,13?,15-,16-,17?,18?,19+,20+/m1/s1. The highest BCUT2D eigenvalue weighted by atomic mass is 16.7. The molecule has 5 N–H and O–H groups in total. The average molecular weight is 424 g/mol. The third kappa shape index (κ3) is 1.51. The van der Waals surface area contributed by atoms with Gasteiger partial charge in [0.05, 0.1) is 12.0 Å². The molecule has 30 heavy (non-hydrogen) atoms. The maximum atomic E-state index is 12.9. The summed E-state index contributed by atoms with van der Waals surface area (Å²) in [5, 5.41) is 56.1. The van der Waals surface area contributed by atoms with Crippen LogP contribution in [0.3, 0.4) is 0 Å². The molecule has 10 heteroatoms. The molecule has 3 unspecified atom stereocenters. The number of aliphatic hydroxyl groups is 5. The number of fused-ring (bicyclic) bond motifs is 3. The lowest BCUT2D eigenvalue weighted by Gasteiger charge is -2.69. The Kier molecular flexibility index (Phi) is 3.11. The van der Waals surface area contributed by atoms with Crippen LogP contribution < -0.4 is 0 Å². The Balaban J connectivity index is 1.66. The SMILES string of the molecule is C=C1[C@@H](O)[C@]2(O)OCC34[C@H]2[C@@]2(C)[C@H](O)C(=O)C5OC5(C)[C@@H]2C[C@H]3OC(=O)[C@H](O)[C@@]14O. The largest absolute Gasteiger partial charge is 0.460 e. The van der Waals surface area contributed by atoms with Gasteiger partial charge in [-0.25, -0.2) is 4.79 Å². The highest BCUT2D eigenvalue weighted by Gasteiger charge is 2.90. The van der Waals surface area contributed by atoms with E-state index in [0.29, 0.717) is 0 Å². The first-order valence-corrected chi connectivity index (χ1v) is 10.1. The summed E-state index contributed by atoms with van der Waals surface area (Å²) in [5.74, 6) is -5.78. The van der Waals surface area contributed by atoms with Gasteiger partial charge < -0.3 is 39.7 Å². The van der Waals surface area contributed by atoms with Gasteiger partial charge in [0.25, 0.3) is 0 Å². The third-order valence-corrected chi connectivity index (χ3v) is 9.31. The highest BCUT2D eigenvalue weighted by molar-refractivity contribution is 5.93. The van der Waals surface area contributed by atoms with Crippen molar-refractivity contribution in [3.63, 3.8) is 0 Å². The second-order valence-electron chi connectivity index (χ2n) is 10.2.